The molecule has 1 atom stereocenters. The summed E-state index contributed by atoms with van der Waals surface area (Å²) in [5, 5.41) is 5.34. The number of hydrogen-bond acceptors (Lipinski definition) is 4. The number of carbonyl (C=O) groups excluding carboxylic acids is 2. The number of aryl methyl sites for hydroxylation is 1. The van der Waals surface area contributed by atoms with Crippen molar-refractivity contribution in [3.63, 3.8) is 0 Å². The van der Waals surface area contributed by atoms with Crippen molar-refractivity contribution in [3.05, 3.63) is 48.0 Å². The molecule has 3 rings (SSSR count). The van der Waals surface area contributed by atoms with Crippen molar-refractivity contribution in [3.8, 4) is 11.5 Å². The van der Waals surface area contributed by atoms with Crippen LogP contribution in [0.3, 0.4) is 0 Å². The molecule has 2 amide bonds. The van der Waals surface area contributed by atoms with Gasteiger partial charge in [-0.3, -0.25) is 9.59 Å². The second kappa shape index (κ2) is 6.00. The summed E-state index contributed by atoms with van der Waals surface area (Å²) < 4.78 is 10.7. The molecule has 1 aliphatic heterocycles. The van der Waals surface area contributed by atoms with Gasteiger partial charge in [0.05, 0.1) is 18.5 Å². The molecule has 0 bridgehead atoms. The van der Waals surface area contributed by atoms with Crippen LogP contribution < -0.4 is 20.1 Å². The SMILES string of the molecule is COc1ccccc1NC(=O)[C@@H]1Oc2ccc(C)cc2NC1=O. The molecule has 2 N–H and O–H groups in total. The van der Waals surface area contributed by atoms with Gasteiger partial charge in [-0.1, -0.05) is 18.2 Å². The molecule has 6 nitrogen and oxygen atoms in total. The van der Waals surface area contributed by atoms with E-state index in [2.05, 4.69) is 10.6 Å². The van der Waals surface area contributed by atoms with Crippen LogP contribution in [0.1, 0.15) is 5.56 Å². The van der Waals surface area contributed by atoms with Crippen molar-refractivity contribution < 1.29 is 19.1 Å². The van der Waals surface area contributed by atoms with Crippen molar-refractivity contribution >= 4 is 23.2 Å². The third-order valence-electron chi connectivity index (χ3n) is 3.48. The average Bonchev–Trinajstić information content (AvgIpc) is 2.54. The van der Waals surface area contributed by atoms with E-state index in [0.29, 0.717) is 22.9 Å². The summed E-state index contributed by atoms with van der Waals surface area (Å²) in [6, 6.07) is 12.3. The number of amides is 2. The van der Waals surface area contributed by atoms with E-state index in [0.717, 1.165) is 5.56 Å². The lowest BCUT2D eigenvalue weighted by molar-refractivity contribution is -0.133. The highest BCUT2D eigenvalue weighted by Crippen LogP contribution is 2.31. The first-order chi connectivity index (χ1) is 11.1. The quantitative estimate of drug-likeness (QED) is 0.853. The summed E-state index contributed by atoms with van der Waals surface area (Å²) in [4.78, 5) is 24.5. The molecule has 1 aliphatic rings. The minimum Gasteiger partial charge on any atom is -0.495 e. The number of ether oxygens (including phenoxy) is 2. The molecule has 0 saturated carbocycles. The minimum atomic E-state index is -1.25. The maximum atomic E-state index is 12.4. The zero-order chi connectivity index (χ0) is 16.4. The third-order valence-corrected chi connectivity index (χ3v) is 3.48. The lowest BCUT2D eigenvalue weighted by Crippen LogP contribution is -2.45. The van der Waals surface area contributed by atoms with E-state index in [9.17, 15) is 9.59 Å². The Labute approximate surface area is 133 Å². The predicted octanol–water partition coefficient (Wildman–Crippen LogP) is 2.34. The van der Waals surface area contributed by atoms with Crippen LogP contribution >= 0.6 is 0 Å². The Morgan fingerprint density at radius 3 is 2.83 bits per heavy atom. The number of fused-ring (bicyclic) bond motifs is 1. The van der Waals surface area contributed by atoms with Crippen LogP contribution in [0, 0.1) is 6.92 Å². The smallest absolute Gasteiger partial charge is 0.275 e. The number of benzene rings is 2. The fraction of sp³-hybridized carbons (Fsp3) is 0.176. The van der Waals surface area contributed by atoms with Crippen LogP contribution in [0.25, 0.3) is 0 Å². The number of para-hydroxylation sites is 2. The van der Waals surface area contributed by atoms with Crippen molar-refractivity contribution in [1.82, 2.24) is 0 Å². The Morgan fingerprint density at radius 1 is 1.26 bits per heavy atom. The lowest BCUT2D eigenvalue weighted by Gasteiger charge is -2.25. The molecule has 0 aliphatic carbocycles. The molecule has 0 saturated heterocycles. The molecule has 2 aromatic carbocycles. The number of carbonyl (C=O) groups is 2. The normalized spacial score (nSPS) is 15.9. The monoisotopic (exact) mass is 312 g/mol. The molecule has 23 heavy (non-hydrogen) atoms. The van der Waals surface area contributed by atoms with Crippen molar-refractivity contribution in [2.75, 3.05) is 17.7 Å². The molecule has 0 aromatic heterocycles. The first-order valence-electron chi connectivity index (χ1n) is 7.10. The van der Waals surface area contributed by atoms with Gasteiger partial charge in [-0.15, -0.1) is 0 Å². The van der Waals surface area contributed by atoms with Gasteiger partial charge in [-0.05, 0) is 36.8 Å². The Bertz CT molecular complexity index is 773. The molecular weight excluding hydrogens is 296 g/mol. The van der Waals surface area contributed by atoms with Gasteiger partial charge in [-0.2, -0.15) is 0 Å². The first kappa shape index (κ1) is 14.9. The summed E-state index contributed by atoms with van der Waals surface area (Å²) in [6.07, 6.45) is -1.25. The van der Waals surface area contributed by atoms with Crippen molar-refractivity contribution in [1.29, 1.82) is 0 Å². The van der Waals surface area contributed by atoms with Crippen molar-refractivity contribution in [2.24, 2.45) is 0 Å². The fourth-order valence-corrected chi connectivity index (χ4v) is 2.34. The van der Waals surface area contributed by atoms with E-state index in [4.69, 9.17) is 9.47 Å². The number of nitrogens with one attached hydrogen (secondary N) is 2. The predicted molar refractivity (Wildman–Crippen MR) is 85.8 cm³/mol. The second-order valence-corrected chi connectivity index (χ2v) is 5.18. The standard InChI is InChI=1S/C17H16N2O4/c1-10-7-8-14-12(9-10)19-17(21)15(23-14)16(20)18-11-5-3-4-6-13(11)22-2/h3-9,15H,1-2H3,(H,18,20)(H,19,21)/t15-/m0/s1. The highest BCUT2D eigenvalue weighted by atomic mass is 16.5. The summed E-state index contributed by atoms with van der Waals surface area (Å²) in [5.74, 6) is -0.0859. The summed E-state index contributed by atoms with van der Waals surface area (Å²) in [7, 11) is 1.51. The maximum Gasteiger partial charge on any atom is 0.275 e. The zero-order valence-electron chi connectivity index (χ0n) is 12.8. The molecule has 6 heteroatoms. The molecule has 118 valence electrons. The highest BCUT2D eigenvalue weighted by Gasteiger charge is 2.34. The largest absolute Gasteiger partial charge is 0.495 e. The van der Waals surface area contributed by atoms with Crippen molar-refractivity contribution in [2.45, 2.75) is 13.0 Å². The summed E-state index contributed by atoms with van der Waals surface area (Å²) in [5.41, 5.74) is 2.03. The van der Waals surface area contributed by atoms with E-state index < -0.39 is 17.9 Å². The zero-order valence-corrected chi connectivity index (χ0v) is 12.8. The Kier molecular flexibility index (Phi) is 3.89. The topological polar surface area (TPSA) is 76.7 Å². The Morgan fingerprint density at radius 2 is 2.04 bits per heavy atom. The van der Waals surface area contributed by atoms with E-state index in [1.807, 2.05) is 13.0 Å². The van der Waals surface area contributed by atoms with Gasteiger partial charge in [0.25, 0.3) is 17.9 Å². The average molecular weight is 312 g/mol. The van der Waals surface area contributed by atoms with E-state index in [1.165, 1.54) is 7.11 Å². The molecule has 1 heterocycles. The van der Waals surface area contributed by atoms with Gasteiger partial charge in [0.1, 0.15) is 11.5 Å². The third kappa shape index (κ3) is 2.96. The van der Waals surface area contributed by atoms with Crippen LogP contribution in [-0.2, 0) is 9.59 Å². The Balaban J connectivity index is 1.80. The minimum absolute atomic E-state index is 0.468. The molecular formula is C17H16N2O4. The molecule has 0 radical (unpaired) electrons. The van der Waals surface area contributed by atoms with Crippen LogP contribution in [-0.4, -0.2) is 25.0 Å². The lowest BCUT2D eigenvalue weighted by atomic mass is 10.1. The van der Waals surface area contributed by atoms with Gasteiger partial charge >= 0.3 is 0 Å². The van der Waals surface area contributed by atoms with Gasteiger partial charge in [0.2, 0.25) is 0 Å². The van der Waals surface area contributed by atoms with Gasteiger partial charge in [0.15, 0.2) is 0 Å². The number of hydrogen-bond donors (Lipinski definition) is 2. The molecule has 0 spiro atoms. The number of rotatable bonds is 3. The van der Waals surface area contributed by atoms with Gasteiger partial charge < -0.3 is 20.1 Å². The van der Waals surface area contributed by atoms with E-state index in [1.54, 1.807) is 36.4 Å². The molecule has 2 aromatic rings. The Hall–Kier alpha value is -3.02. The molecule has 0 unspecified atom stereocenters. The fourth-order valence-electron chi connectivity index (χ4n) is 2.34. The van der Waals surface area contributed by atoms with Crippen LogP contribution in [0.4, 0.5) is 11.4 Å². The van der Waals surface area contributed by atoms with E-state index in [-0.39, 0.29) is 0 Å². The van der Waals surface area contributed by atoms with Gasteiger partial charge in [-0.25, -0.2) is 0 Å². The van der Waals surface area contributed by atoms with Gasteiger partial charge in [0, 0.05) is 0 Å². The number of methoxy groups -OCH3 is 1. The highest BCUT2D eigenvalue weighted by molar-refractivity contribution is 6.15. The maximum absolute atomic E-state index is 12.4. The number of anilines is 2. The van der Waals surface area contributed by atoms with Crippen LogP contribution in [0.2, 0.25) is 0 Å². The second-order valence-electron chi connectivity index (χ2n) is 5.18. The van der Waals surface area contributed by atoms with Crippen LogP contribution in [0.15, 0.2) is 42.5 Å². The van der Waals surface area contributed by atoms with Crippen LogP contribution in [0.5, 0.6) is 11.5 Å². The summed E-state index contributed by atoms with van der Waals surface area (Å²) >= 11 is 0. The molecule has 0 fully saturated rings. The first-order valence-corrected chi connectivity index (χ1v) is 7.10. The summed E-state index contributed by atoms with van der Waals surface area (Å²) in [6.45, 7) is 1.91. The van der Waals surface area contributed by atoms with E-state index >= 15 is 0 Å².